The number of rotatable bonds is 4. The van der Waals surface area contributed by atoms with E-state index in [9.17, 15) is 14.7 Å². The topological polar surface area (TPSA) is 86.6 Å². The lowest BCUT2D eigenvalue weighted by atomic mass is 9.89. The van der Waals surface area contributed by atoms with Crippen molar-refractivity contribution in [1.82, 2.24) is 5.32 Å². The highest BCUT2D eigenvalue weighted by Crippen LogP contribution is 2.26. The summed E-state index contributed by atoms with van der Waals surface area (Å²) in [5, 5.41) is 20.9. The van der Waals surface area contributed by atoms with Crippen molar-refractivity contribution in [3.63, 3.8) is 0 Å². The first-order valence-electron chi connectivity index (χ1n) is 6.88. The van der Waals surface area contributed by atoms with E-state index in [1.165, 1.54) is 6.92 Å². The van der Waals surface area contributed by atoms with Crippen LogP contribution < -0.4 is 5.32 Å². The summed E-state index contributed by atoms with van der Waals surface area (Å²) in [6, 6.07) is -1.32. The molecule has 0 aliphatic carbocycles. The van der Waals surface area contributed by atoms with E-state index in [1.807, 2.05) is 34.6 Å². The number of hydrogen-bond acceptors (Lipinski definition) is 3. The molecule has 0 bridgehead atoms. The van der Waals surface area contributed by atoms with Gasteiger partial charge in [-0.3, -0.25) is 4.79 Å². The second-order valence-electron chi connectivity index (χ2n) is 5.53. The lowest BCUT2D eigenvalue weighted by Crippen LogP contribution is -2.48. The van der Waals surface area contributed by atoms with Crippen LogP contribution in [-0.2, 0) is 4.79 Å². The summed E-state index contributed by atoms with van der Waals surface area (Å²) in [5.74, 6) is -1.72. The van der Waals surface area contributed by atoms with Gasteiger partial charge in [0.05, 0.1) is 6.10 Å². The lowest BCUT2D eigenvalue weighted by molar-refractivity contribution is -0.141. The largest absolute Gasteiger partial charge is 0.480 e. The standard InChI is InChI=1S/C16H23NO4/c1-7-8(2)10(4)13(11(5)9(7)3)15(19)17-14(12(6)18)16(20)21/h12,14,18H,1-6H3,(H,17,19)(H,20,21)/t12-,14+/m1/s1. The number of hydrogen-bond donors (Lipinski definition) is 3. The van der Waals surface area contributed by atoms with Gasteiger partial charge in [-0.05, 0) is 69.4 Å². The van der Waals surface area contributed by atoms with E-state index in [4.69, 9.17) is 5.11 Å². The minimum absolute atomic E-state index is 0.468. The molecule has 0 saturated heterocycles. The number of aliphatic hydroxyl groups excluding tert-OH is 1. The first-order chi connectivity index (χ1) is 9.59. The second-order valence-corrected chi connectivity index (χ2v) is 5.53. The zero-order valence-corrected chi connectivity index (χ0v) is 13.4. The Balaban J connectivity index is 3.29. The van der Waals surface area contributed by atoms with Crippen LogP contribution in [0.15, 0.2) is 0 Å². The molecule has 1 aromatic carbocycles. The third-order valence-corrected chi connectivity index (χ3v) is 4.26. The van der Waals surface area contributed by atoms with Crippen molar-refractivity contribution in [2.24, 2.45) is 0 Å². The second kappa shape index (κ2) is 6.26. The molecule has 5 nitrogen and oxygen atoms in total. The predicted molar refractivity (Wildman–Crippen MR) is 80.7 cm³/mol. The van der Waals surface area contributed by atoms with Crippen molar-refractivity contribution < 1.29 is 19.8 Å². The van der Waals surface area contributed by atoms with Gasteiger partial charge >= 0.3 is 5.97 Å². The normalized spacial score (nSPS) is 13.7. The van der Waals surface area contributed by atoms with Gasteiger partial charge in [0.1, 0.15) is 0 Å². The van der Waals surface area contributed by atoms with Crippen molar-refractivity contribution in [3.8, 4) is 0 Å². The van der Waals surface area contributed by atoms with E-state index >= 15 is 0 Å². The van der Waals surface area contributed by atoms with Gasteiger partial charge in [0.2, 0.25) is 0 Å². The van der Waals surface area contributed by atoms with Crippen LogP contribution in [0.4, 0.5) is 0 Å². The Morgan fingerprint density at radius 3 is 1.62 bits per heavy atom. The van der Waals surface area contributed by atoms with Crippen molar-refractivity contribution in [3.05, 3.63) is 33.4 Å². The van der Waals surface area contributed by atoms with E-state index < -0.39 is 24.0 Å². The minimum atomic E-state index is -1.32. The van der Waals surface area contributed by atoms with Crippen molar-refractivity contribution in [2.45, 2.75) is 53.7 Å². The fourth-order valence-electron chi connectivity index (χ4n) is 2.44. The number of aliphatic hydroxyl groups is 1. The van der Waals surface area contributed by atoms with Gasteiger partial charge in [0.25, 0.3) is 5.91 Å². The Labute approximate surface area is 125 Å². The monoisotopic (exact) mass is 293 g/mol. The maximum Gasteiger partial charge on any atom is 0.328 e. The third-order valence-electron chi connectivity index (χ3n) is 4.26. The first-order valence-corrected chi connectivity index (χ1v) is 6.88. The summed E-state index contributed by atoms with van der Waals surface area (Å²) < 4.78 is 0. The maximum absolute atomic E-state index is 12.4. The third kappa shape index (κ3) is 3.24. The molecule has 1 rings (SSSR count). The van der Waals surface area contributed by atoms with Gasteiger partial charge in [-0.2, -0.15) is 0 Å². The highest BCUT2D eigenvalue weighted by Gasteiger charge is 2.27. The number of carbonyl (C=O) groups is 2. The van der Waals surface area contributed by atoms with Gasteiger partial charge < -0.3 is 15.5 Å². The molecular weight excluding hydrogens is 270 g/mol. The SMILES string of the molecule is Cc1c(C)c(C)c(C(=O)N[C@H](C(=O)O)[C@@H](C)O)c(C)c1C. The number of amides is 1. The average molecular weight is 293 g/mol. The van der Waals surface area contributed by atoms with Crippen LogP contribution in [-0.4, -0.2) is 34.2 Å². The first kappa shape index (κ1) is 17.2. The Kier molecular flexibility index (Phi) is 5.12. The molecule has 5 heteroatoms. The molecule has 3 N–H and O–H groups in total. The molecule has 0 saturated carbocycles. The van der Waals surface area contributed by atoms with Crippen molar-refractivity contribution in [2.75, 3.05) is 0 Å². The molecule has 0 spiro atoms. The zero-order valence-electron chi connectivity index (χ0n) is 13.4. The van der Waals surface area contributed by atoms with E-state index in [2.05, 4.69) is 5.32 Å². The molecule has 0 unspecified atom stereocenters. The number of aliphatic carboxylic acids is 1. The molecule has 0 heterocycles. The summed E-state index contributed by atoms with van der Waals surface area (Å²) in [4.78, 5) is 23.5. The van der Waals surface area contributed by atoms with Crippen molar-refractivity contribution >= 4 is 11.9 Å². The van der Waals surface area contributed by atoms with E-state index in [0.717, 1.165) is 27.8 Å². The fraction of sp³-hybridized carbons (Fsp3) is 0.500. The van der Waals surface area contributed by atoms with Crippen LogP contribution in [0.1, 0.15) is 45.1 Å². The number of benzene rings is 1. The van der Waals surface area contributed by atoms with Crippen molar-refractivity contribution in [1.29, 1.82) is 0 Å². The Morgan fingerprint density at radius 2 is 1.29 bits per heavy atom. The van der Waals surface area contributed by atoms with E-state index in [-0.39, 0.29) is 0 Å². The number of nitrogens with one attached hydrogen (secondary N) is 1. The highest BCUT2D eigenvalue weighted by molar-refractivity contribution is 6.00. The summed E-state index contributed by atoms with van der Waals surface area (Å²) in [5.41, 5.74) is 5.33. The smallest absolute Gasteiger partial charge is 0.328 e. The molecule has 0 aliphatic heterocycles. The van der Waals surface area contributed by atoms with Crippen LogP contribution in [0.25, 0.3) is 0 Å². The molecule has 0 fully saturated rings. The molecule has 2 atom stereocenters. The molecule has 0 aromatic heterocycles. The fourth-order valence-corrected chi connectivity index (χ4v) is 2.44. The van der Waals surface area contributed by atoms with E-state index in [0.29, 0.717) is 5.56 Å². The number of carboxylic acids is 1. The predicted octanol–water partition coefficient (Wildman–Crippen LogP) is 1.79. The van der Waals surface area contributed by atoms with Gasteiger partial charge in [-0.1, -0.05) is 0 Å². The van der Waals surface area contributed by atoms with Crippen LogP contribution in [0.2, 0.25) is 0 Å². The summed E-state index contributed by atoms with van der Waals surface area (Å²) >= 11 is 0. The molecule has 0 aliphatic rings. The summed E-state index contributed by atoms with van der Waals surface area (Å²) in [6.07, 6.45) is -1.17. The Hall–Kier alpha value is -1.88. The molecule has 21 heavy (non-hydrogen) atoms. The van der Waals surface area contributed by atoms with Crippen LogP contribution in [0, 0.1) is 34.6 Å². The lowest BCUT2D eigenvalue weighted by Gasteiger charge is -2.21. The molecule has 1 aromatic rings. The molecule has 116 valence electrons. The number of carbonyl (C=O) groups excluding carboxylic acids is 1. The quantitative estimate of drug-likeness (QED) is 0.790. The molecule has 1 amide bonds. The zero-order chi connectivity index (χ0) is 16.5. The molecular formula is C16H23NO4. The highest BCUT2D eigenvalue weighted by atomic mass is 16.4. The van der Waals surface area contributed by atoms with Crippen LogP contribution in [0.5, 0.6) is 0 Å². The van der Waals surface area contributed by atoms with E-state index in [1.54, 1.807) is 0 Å². The summed E-state index contributed by atoms with van der Waals surface area (Å²) in [7, 11) is 0. The Morgan fingerprint density at radius 1 is 0.905 bits per heavy atom. The van der Waals surface area contributed by atoms with Gasteiger partial charge in [0, 0.05) is 5.56 Å². The number of carboxylic acid groups (broad SMARTS) is 1. The molecule has 0 radical (unpaired) electrons. The van der Waals surface area contributed by atoms with Crippen LogP contribution in [0.3, 0.4) is 0 Å². The average Bonchev–Trinajstić information content (AvgIpc) is 2.39. The Bertz CT molecular complexity index is 561. The minimum Gasteiger partial charge on any atom is -0.480 e. The van der Waals surface area contributed by atoms with Gasteiger partial charge in [-0.15, -0.1) is 0 Å². The van der Waals surface area contributed by atoms with Gasteiger partial charge in [0.15, 0.2) is 6.04 Å². The van der Waals surface area contributed by atoms with Gasteiger partial charge in [-0.25, -0.2) is 4.79 Å². The summed E-state index contributed by atoms with van der Waals surface area (Å²) in [6.45, 7) is 10.9. The maximum atomic E-state index is 12.4. The van der Waals surface area contributed by atoms with Crippen LogP contribution >= 0.6 is 0 Å².